The second kappa shape index (κ2) is 11.1. The standard InChI is InChI=1S/C28H22N4O14S4/c1-31-13-3-4-17(31)27(33)32(2)18-9-12-21(48(38,39)40)24-16(7-11-22(25(18)24)49(41,42)43)30-28(34)29-15-6-10-20(47(35,36)37)14-5-8-19(32)26(23(14)15)50(44,45)46/h3-13H,1-2H3,(H5-,29,30,34,35,36,37,38,39,40,41,42,43,44,45,46)/p+1. The first-order valence-electron chi connectivity index (χ1n) is 13.7. The maximum atomic E-state index is 14.9. The minimum Gasteiger partial charge on any atom is -0.343 e. The number of carbonyl (C=O) groups excluding carboxylic acids is 2. The number of carbonyl (C=O) groups is 2. The van der Waals surface area contributed by atoms with Crippen molar-refractivity contribution in [2.45, 2.75) is 19.6 Å². The van der Waals surface area contributed by atoms with E-state index in [9.17, 15) is 61.5 Å². The highest BCUT2D eigenvalue weighted by Gasteiger charge is 2.47. The predicted molar refractivity (Wildman–Crippen MR) is 177 cm³/mol. The van der Waals surface area contributed by atoms with E-state index in [0.717, 1.165) is 55.6 Å². The summed E-state index contributed by atoms with van der Waals surface area (Å²) in [6, 6.07) is 8.19. The SMILES string of the molecule is Cn1cccc1C(=O)[N+]1(C)c2ccc3c(S(=O)(=O)O)ccc(c3c2S(=O)(=O)O)NC(=O)Nc2ccc(S(=O)(=O)O)c3c1ccc(S(=O)(=O)O)c23. The Morgan fingerprint density at radius 3 is 1.66 bits per heavy atom. The molecule has 4 aromatic carbocycles. The number of quaternary nitrogens is 1. The summed E-state index contributed by atoms with van der Waals surface area (Å²) < 4.78 is 144. The topological polar surface area (TPSA) is 281 Å². The molecule has 1 atom stereocenters. The van der Waals surface area contributed by atoms with Crippen LogP contribution in [0.3, 0.4) is 0 Å². The highest BCUT2D eigenvalue weighted by atomic mass is 32.2. The van der Waals surface area contributed by atoms with Gasteiger partial charge in [-0.05, 0) is 48.5 Å². The van der Waals surface area contributed by atoms with Crippen molar-refractivity contribution in [2.24, 2.45) is 7.05 Å². The van der Waals surface area contributed by atoms with E-state index in [1.54, 1.807) is 0 Å². The van der Waals surface area contributed by atoms with Gasteiger partial charge in [0.2, 0.25) is 0 Å². The number of amides is 3. The Labute approximate surface area is 283 Å². The van der Waals surface area contributed by atoms with Crippen LogP contribution in [0.25, 0.3) is 21.5 Å². The average Bonchev–Trinajstić information content (AvgIpc) is 3.42. The fourth-order valence-electron chi connectivity index (χ4n) is 6.18. The zero-order chi connectivity index (χ0) is 36.9. The lowest BCUT2D eigenvalue weighted by atomic mass is 10.0. The Morgan fingerprint density at radius 1 is 0.640 bits per heavy atom. The lowest BCUT2D eigenvalue weighted by molar-refractivity contribution is 0.0850. The van der Waals surface area contributed by atoms with Crippen molar-refractivity contribution in [1.29, 1.82) is 0 Å². The number of aromatic nitrogens is 1. The van der Waals surface area contributed by atoms with Gasteiger partial charge in [-0.25, -0.2) is 9.59 Å². The smallest absolute Gasteiger partial charge is 0.343 e. The van der Waals surface area contributed by atoms with Crippen LogP contribution < -0.4 is 15.1 Å². The first kappa shape index (κ1) is 35.1. The number of benzene rings is 4. The highest BCUT2D eigenvalue weighted by molar-refractivity contribution is 7.87. The molecule has 1 aliphatic rings. The van der Waals surface area contributed by atoms with E-state index < -0.39 is 121 Å². The number of nitrogens with zero attached hydrogens (tertiary/aromatic N) is 2. The Balaban J connectivity index is 2.01. The molecule has 1 unspecified atom stereocenters. The maximum absolute atomic E-state index is 14.9. The molecule has 50 heavy (non-hydrogen) atoms. The number of fused-ring (bicyclic) bond motifs is 1. The third-order valence-corrected chi connectivity index (χ3v) is 11.9. The van der Waals surface area contributed by atoms with Crippen LogP contribution in [-0.2, 0) is 47.5 Å². The molecule has 2 heterocycles. The summed E-state index contributed by atoms with van der Waals surface area (Å²) in [5.41, 5.74) is -2.46. The average molecular weight is 768 g/mol. The second-order valence-corrected chi connectivity index (χ2v) is 16.7. The molecule has 3 amide bonds. The van der Waals surface area contributed by atoms with Gasteiger partial charge >= 0.3 is 22.1 Å². The van der Waals surface area contributed by atoms with Gasteiger partial charge in [-0.1, -0.05) is 0 Å². The highest BCUT2D eigenvalue weighted by Crippen LogP contribution is 2.50. The first-order valence-corrected chi connectivity index (χ1v) is 19.4. The summed E-state index contributed by atoms with van der Waals surface area (Å²) >= 11 is 0. The third-order valence-electron chi connectivity index (χ3n) is 8.26. The Bertz CT molecular complexity index is 2830. The van der Waals surface area contributed by atoms with Gasteiger partial charge in [0.25, 0.3) is 30.4 Å². The number of hydrogen-bond donors (Lipinski definition) is 6. The fourth-order valence-corrected chi connectivity index (χ4v) is 9.27. The Kier molecular flexibility index (Phi) is 7.79. The molecular weight excluding hydrogens is 745 g/mol. The lowest BCUT2D eigenvalue weighted by Crippen LogP contribution is -2.47. The van der Waals surface area contributed by atoms with Crippen LogP contribution in [0.5, 0.6) is 0 Å². The van der Waals surface area contributed by atoms with Gasteiger partial charge in [0.1, 0.15) is 20.4 Å². The Hall–Kier alpha value is -4.78. The van der Waals surface area contributed by atoms with E-state index >= 15 is 0 Å². The number of urea groups is 1. The number of nitrogens with one attached hydrogen (secondary N) is 2. The largest absolute Gasteiger partial charge is 0.372 e. The number of hydrogen-bond acceptors (Lipinski definition) is 10. The quantitative estimate of drug-likeness (QED) is 0.110. The van der Waals surface area contributed by atoms with Gasteiger partial charge < -0.3 is 15.2 Å². The van der Waals surface area contributed by atoms with E-state index in [0.29, 0.717) is 0 Å². The van der Waals surface area contributed by atoms with Crippen molar-refractivity contribution in [2.75, 3.05) is 17.7 Å². The zero-order valence-corrected chi connectivity index (χ0v) is 28.5. The zero-order valence-electron chi connectivity index (χ0n) is 25.2. The van der Waals surface area contributed by atoms with Crippen molar-refractivity contribution in [1.82, 2.24) is 9.05 Å². The monoisotopic (exact) mass is 767 g/mol. The van der Waals surface area contributed by atoms with Crippen LogP contribution in [-0.4, -0.2) is 75.4 Å². The molecule has 0 fully saturated rings. The van der Waals surface area contributed by atoms with Crippen molar-refractivity contribution in [3.63, 3.8) is 0 Å². The van der Waals surface area contributed by atoms with Gasteiger partial charge in [0.15, 0.2) is 16.3 Å². The second-order valence-electron chi connectivity index (χ2n) is 11.2. The van der Waals surface area contributed by atoms with Crippen molar-refractivity contribution in [3.8, 4) is 0 Å². The van der Waals surface area contributed by atoms with Gasteiger partial charge in [-0.15, -0.1) is 0 Å². The van der Waals surface area contributed by atoms with Gasteiger partial charge in [0.05, 0.1) is 23.8 Å². The molecule has 18 nitrogen and oxygen atoms in total. The number of rotatable bonds is 5. The summed E-state index contributed by atoms with van der Waals surface area (Å²) in [4.78, 5) is 24.2. The molecule has 6 bridgehead atoms. The normalized spacial score (nSPS) is 17.0. The molecule has 6 rings (SSSR count). The summed E-state index contributed by atoms with van der Waals surface area (Å²) in [5.74, 6) is -1.06. The number of anilines is 2. The van der Waals surface area contributed by atoms with Crippen LogP contribution in [0.2, 0.25) is 0 Å². The molecule has 5 aromatic rings. The molecule has 1 aliphatic heterocycles. The lowest BCUT2D eigenvalue weighted by Gasteiger charge is -2.34. The molecule has 22 heteroatoms. The van der Waals surface area contributed by atoms with Crippen LogP contribution in [0.15, 0.2) is 86.4 Å². The van der Waals surface area contributed by atoms with Crippen molar-refractivity contribution < 1.29 is 61.5 Å². The van der Waals surface area contributed by atoms with E-state index in [-0.39, 0.29) is 5.69 Å². The first-order chi connectivity index (χ1) is 23.0. The fraction of sp³-hybridized carbons (Fsp3) is 0.0714. The summed E-state index contributed by atoms with van der Waals surface area (Å²) in [7, 11) is -18.9. The third kappa shape index (κ3) is 5.42. The van der Waals surface area contributed by atoms with Crippen LogP contribution in [0.1, 0.15) is 10.5 Å². The minimum atomic E-state index is -5.62. The van der Waals surface area contributed by atoms with Gasteiger partial charge in [-0.2, -0.15) is 38.2 Å². The Morgan fingerprint density at radius 2 is 1.14 bits per heavy atom. The molecule has 0 radical (unpaired) electrons. The molecule has 0 aliphatic carbocycles. The molecule has 262 valence electrons. The predicted octanol–water partition coefficient (Wildman–Crippen LogP) is 3.38. The van der Waals surface area contributed by atoms with E-state index in [2.05, 4.69) is 10.6 Å². The van der Waals surface area contributed by atoms with Crippen LogP contribution >= 0.6 is 0 Å². The van der Waals surface area contributed by atoms with Gasteiger partial charge in [0, 0.05) is 41.5 Å². The minimum absolute atomic E-state index is 0.170. The maximum Gasteiger partial charge on any atom is 0.372 e. The molecular formula is C28H23N4O14S4+. The summed E-state index contributed by atoms with van der Waals surface area (Å²) in [6.07, 6.45) is 1.43. The molecule has 1 aromatic heterocycles. The molecule has 6 N–H and O–H groups in total. The number of aryl methyl sites for hydroxylation is 1. The van der Waals surface area contributed by atoms with E-state index in [1.807, 2.05) is 0 Å². The van der Waals surface area contributed by atoms with Crippen LogP contribution in [0.4, 0.5) is 27.5 Å². The molecule has 0 saturated carbocycles. The molecule has 0 saturated heterocycles. The van der Waals surface area contributed by atoms with Crippen molar-refractivity contribution >= 4 is 96.7 Å². The van der Waals surface area contributed by atoms with E-state index in [4.69, 9.17) is 0 Å². The summed E-state index contributed by atoms with van der Waals surface area (Å²) in [6.45, 7) is 0. The summed E-state index contributed by atoms with van der Waals surface area (Å²) in [5, 5.41) is 1.71. The van der Waals surface area contributed by atoms with Crippen LogP contribution in [0, 0.1) is 0 Å². The van der Waals surface area contributed by atoms with Gasteiger partial charge in [-0.3, -0.25) is 18.2 Å². The van der Waals surface area contributed by atoms with E-state index in [1.165, 1.54) is 29.9 Å². The molecule has 0 spiro atoms. The van der Waals surface area contributed by atoms with Crippen molar-refractivity contribution in [3.05, 3.63) is 72.6 Å².